The number of anilines is 1. The van der Waals surface area contributed by atoms with Crippen LogP contribution in [0.2, 0.25) is 0 Å². The number of nitrogens with zero attached hydrogens (tertiary/aromatic N) is 1. The highest BCUT2D eigenvalue weighted by molar-refractivity contribution is 14.1. The lowest BCUT2D eigenvalue weighted by atomic mass is 10.2. The van der Waals surface area contributed by atoms with E-state index in [0.29, 0.717) is 9.26 Å². The maximum Gasteiger partial charge on any atom is 0.573 e. The summed E-state index contributed by atoms with van der Waals surface area (Å²) in [7, 11) is 0. The van der Waals surface area contributed by atoms with Crippen LogP contribution in [0.4, 0.5) is 18.9 Å². The molecular weight excluding hydrogens is 402 g/mol. The van der Waals surface area contributed by atoms with Gasteiger partial charge in [0.05, 0.1) is 12.1 Å². The van der Waals surface area contributed by atoms with Crippen molar-refractivity contribution in [3.63, 3.8) is 0 Å². The summed E-state index contributed by atoms with van der Waals surface area (Å²) in [5.41, 5.74) is 0.508. The summed E-state index contributed by atoms with van der Waals surface area (Å²) < 4.78 is 41.5. The summed E-state index contributed by atoms with van der Waals surface area (Å²) >= 11 is 1.85. The van der Waals surface area contributed by atoms with E-state index in [2.05, 4.69) is 20.3 Å². The molecule has 1 aromatic heterocycles. The van der Waals surface area contributed by atoms with Gasteiger partial charge in [-0.1, -0.05) is 0 Å². The van der Waals surface area contributed by atoms with Crippen LogP contribution in [0.5, 0.6) is 5.75 Å². The van der Waals surface area contributed by atoms with Crippen molar-refractivity contribution in [2.45, 2.75) is 12.8 Å². The molecule has 2 N–H and O–H groups in total. The topological polar surface area (TPSA) is 67.0 Å². The van der Waals surface area contributed by atoms with Crippen molar-refractivity contribution in [3.8, 4) is 5.75 Å². The molecule has 5 nitrogen and oxygen atoms in total. The molecule has 0 unspecified atom stereocenters. The molecule has 21 heavy (non-hydrogen) atoms. The third-order valence-electron chi connectivity index (χ3n) is 2.35. The molecule has 0 radical (unpaired) electrons. The molecule has 0 bridgehead atoms. The molecule has 1 aromatic carbocycles. The summed E-state index contributed by atoms with van der Waals surface area (Å²) in [6.45, 7) is 0. The number of carbonyl (C=O) groups is 1. The molecule has 1 amide bonds. The van der Waals surface area contributed by atoms with Crippen LogP contribution in [0.3, 0.4) is 0 Å². The first kappa shape index (κ1) is 15.6. The van der Waals surface area contributed by atoms with Crippen LogP contribution in [0, 0.1) is 3.57 Å². The molecule has 0 atom stereocenters. The summed E-state index contributed by atoms with van der Waals surface area (Å²) in [5.74, 6) is -0.931. The van der Waals surface area contributed by atoms with Gasteiger partial charge in [-0.05, 0) is 46.9 Å². The number of carbonyl (C=O) groups excluding carboxylic acids is 1. The Morgan fingerprint density at radius 3 is 2.76 bits per heavy atom. The molecule has 0 aliphatic carbocycles. The van der Waals surface area contributed by atoms with Gasteiger partial charge in [-0.15, -0.1) is 13.2 Å². The van der Waals surface area contributed by atoms with Gasteiger partial charge in [0, 0.05) is 15.5 Å². The Bertz CT molecular complexity index is 629. The minimum atomic E-state index is -4.83. The Morgan fingerprint density at radius 2 is 2.14 bits per heavy atom. The van der Waals surface area contributed by atoms with Crippen LogP contribution in [0.15, 0.2) is 30.5 Å². The molecule has 112 valence electrons. The zero-order valence-electron chi connectivity index (χ0n) is 10.4. The number of hydrogen-bond donors (Lipinski definition) is 2. The van der Waals surface area contributed by atoms with Crippen molar-refractivity contribution in [2.24, 2.45) is 0 Å². The monoisotopic (exact) mass is 411 g/mol. The molecule has 9 heteroatoms. The zero-order chi connectivity index (χ0) is 15.5. The van der Waals surface area contributed by atoms with Crippen LogP contribution in [-0.2, 0) is 11.2 Å². The summed E-state index contributed by atoms with van der Waals surface area (Å²) in [4.78, 5) is 11.8. The number of alkyl halides is 3. The van der Waals surface area contributed by atoms with Crippen molar-refractivity contribution in [1.29, 1.82) is 0 Å². The Kier molecular flexibility index (Phi) is 4.70. The Labute approximate surface area is 131 Å². The highest BCUT2D eigenvalue weighted by Crippen LogP contribution is 2.31. The molecule has 0 spiro atoms. The van der Waals surface area contributed by atoms with E-state index in [0.717, 1.165) is 0 Å². The van der Waals surface area contributed by atoms with Gasteiger partial charge < -0.3 is 10.1 Å². The lowest BCUT2D eigenvalue weighted by molar-refractivity contribution is -0.274. The lowest BCUT2D eigenvalue weighted by Gasteiger charge is -2.14. The minimum Gasteiger partial charge on any atom is -0.404 e. The first-order valence-corrected chi connectivity index (χ1v) is 6.75. The Balaban J connectivity index is 2.13. The van der Waals surface area contributed by atoms with Crippen molar-refractivity contribution in [2.75, 3.05) is 5.32 Å². The fraction of sp³-hybridized carbons (Fsp3) is 0.167. The average molecular weight is 411 g/mol. The van der Waals surface area contributed by atoms with E-state index in [9.17, 15) is 18.0 Å². The number of nitrogens with one attached hydrogen (secondary N) is 2. The van der Waals surface area contributed by atoms with Crippen molar-refractivity contribution < 1.29 is 22.7 Å². The van der Waals surface area contributed by atoms with Crippen molar-refractivity contribution in [3.05, 3.63) is 39.7 Å². The second kappa shape index (κ2) is 6.33. The number of benzene rings is 1. The summed E-state index contributed by atoms with van der Waals surface area (Å²) in [6.07, 6.45) is -3.38. The zero-order valence-corrected chi connectivity index (χ0v) is 12.5. The fourth-order valence-electron chi connectivity index (χ4n) is 1.56. The maximum absolute atomic E-state index is 12.3. The number of ether oxygens (including phenoxy) is 1. The Hall–Kier alpha value is -1.78. The second-order valence-electron chi connectivity index (χ2n) is 4.00. The van der Waals surface area contributed by atoms with Gasteiger partial charge in [0.25, 0.3) is 0 Å². The van der Waals surface area contributed by atoms with Gasteiger partial charge in [-0.3, -0.25) is 9.89 Å². The number of aromatic nitrogens is 2. The number of aromatic amines is 1. The molecule has 2 aromatic rings. The third kappa shape index (κ3) is 4.92. The molecule has 0 saturated carbocycles. The van der Waals surface area contributed by atoms with Crippen LogP contribution < -0.4 is 10.1 Å². The largest absolute Gasteiger partial charge is 0.573 e. The number of hydrogen-bond acceptors (Lipinski definition) is 3. The van der Waals surface area contributed by atoms with Gasteiger partial charge in [0.1, 0.15) is 0 Å². The smallest absolute Gasteiger partial charge is 0.404 e. The number of amides is 1. The normalized spacial score (nSPS) is 11.2. The number of H-pyrrole nitrogens is 1. The highest BCUT2D eigenvalue weighted by atomic mass is 127. The minimum absolute atomic E-state index is 0.0303. The molecular formula is C12H9F3IN3O2. The molecule has 0 fully saturated rings. The third-order valence-corrected chi connectivity index (χ3v) is 3.02. The number of halogens is 4. The molecule has 2 rings (SSSR count). The van der Waals surface area contributed by atoms with Crippen LogP contribution in [0.1, 0.15) is 5.69 Å². The second-order valence-corrected chi connectivity index (χ2v) is 5.24. The first-order valence-electron chi connectivity index (χ1n) is 5.67. The van der Waals surface area contributed by atoms with E-state index in [1.807, 2.05) is 22.6 Å². The summed E-state index contributed by atoms with van der Waals surface area (Å²) in [5, 5.41) is 8.66. The van der Waals surface area contributed by atoms with E-state index in [1.54, 1.807) is 12.1 Å². The molecule has 1 heterocycles. The van der Waals surface area contributed by atoms with Gasteiger partial charge in [0.2, 0.25) is 5.91 Å². The van der Waals surface area contributed by atoms with Gasteiger partial charge >= 0.3 is 6.36 Å². The van der Waals surface area contributed by atoms with Crippen molar-refractivity contribution >= 4 is 34.2 Å². The molecule has 0 aliphatic rings. The van der Waals surface area contributed by atoms with Crippen LogP contribution in [0.25, 0.3) is 0 Å². The van der Waals surface area contributed by atoms with E-state index >= 15 is 0 Å². The number of rotatable bonds is 4. The quantitative estimate of drug-likeness (QED) is 0.761. The highest BCUT2D eigenvalue weighted by Gasteiger charge is 2.32. The predicted molar refractivity (Wildman–Crippen MR) is 76.8 cm³/mol. The van der Waals surface area contributed by atoms with E-state index in [-0.39, 0.29) is 12.1 Å². The van der Waals surface area contributed by atoms with Crippen LogP contribution >= 0.6 is 22.6 Å². The molecule has 0 saturated heterocycles. The predicted octanol–water partition coefficient (Wildman–Crippen LogP) is 3.09. The van der Waals surface area contributed by atoms with E-state index < -0.39 is 18.0 Å². The summed E-state index contributed by atoms with van der Waals surface area (Å²) in [6, 6.07) is 5.71. The molecule has 0 aliphatic heterocycles. The maximum atomic E-state index is 12.3. The van der Waals surface area contributed by atoms with Crippen molar-refractivity contribution in [1.82, 2.24) is 10.2 Å². The van der Waals surface area contributed by atoms with Crippen LogP contribution in [-0.4, -0.2) is 22.5 Å². The van der Waals surface area contributed by atoms with Gasteiger partial charge in [-0.2, -0.15) is 5.10 Å². The van der Waals surface area contributed by atoms with Gasteiger partial charge in [-0.25, -0.2) is 0 Å². The lowest BCUT2D eigenvalue weighted by Crippen LogP contribution is -2.20. The van der Waals surface area contributed by atoms with Gasteiger partial charge in [0.15, 0.2) is 5.75 Å². The Morgan fingerprint density at radius 1 is 1.38 bits per heavy atom. The fourth-order valence-corrected chi connectivity index (χ4v) is 2.02. The van der Waals surface area contributed by atoms with E-state index in [4.69, 9.17) is 0 Å². The standard InChI is InChI=1S/C12H9F3IN3O2/c13-12(14,15)21-10-5-7(16)1-2-9(10)18-11(20)6-8-3-4-17-19-8/h1-5H,6H2,(H,17,19)(H,18,20). The first-order chi connectivity index (χ1) is 9.83. The average Bonchev–Trinajstić information content (AvgIpc) is 2.83. The van der Waals surface area contributed by atoms with E-state index in [1.165, 1.54) is 18.3 Å². The SMILES string of the molecule is O=C(Cc1ccn[nH]1)Nc1ccc(I)cc1OC(F)(F)F.